The first-order chi connectivity index (χ1) is 11.4. The van der Waals surface area contributed by atoms with Crippen molar-refractivity contribution in [3.8, 4) is 0 Å². The number of urea groups is 1. The van der Waals surface area contributed by atoms with Crippen molar-refractivity contribution in [2.24, 2.45) is 0 Å². The van der Waals surface area contributed by atoms with Crippen molar-refractivity contribution in [1.82, 2.24) is 10.2 Å². The van der Waals surface area contributed by atoms with Crippen molar-refractivity contribution in [2.75, 3.05) is 13.1 Å². The minimum Gasteiger partial charge on any atom is -0.481 e. The van der Waals surface area contributed by atoms with Gasteiger partial charge in [-0.05, 0) is 24.8 Å². The molecule has 7 heteroatoms. The van der Waals surface area contributed by atoms with Crippen LogP contribution in [0, 0.1) is 0 Å². The van der Waals surface area contributed by atoms with Gasteiger partial charge in [0.15, 0.2) is 0 Å². The number of carbonyl (C=O) groups excluding carboxylic acids is 1. The second-order valence-corrected chi connectivity index (χ2v) is 5.61. The minimum absolute atomic E-state index is 0.0968. The number of benzene rings is 1. The van der Waals surface area contributed by atoms with E-state index in [0.29, 0.717) is 12.8 Å². The fraction of sp³-hybridized carbons (Fsp3) is 0.529. The summed E-state index contributed by atoms with van der Waals surface area (Å²) in [6, 6.07) is 8.32. The normalized spacial score (nSPS) is 12.0. The number of hydrogen-bond donors (Lipinski definition) is 2. The molecule has 0 radical (unpaired) electrons. The van der Waals surface area contributed by atoms with Gasteiger partial charge in [0.1, 0.15) is 0 Å². The molecule has 1 aromatic rings. The molecular formula is C17H24F2N2O3. The molecule has 1 aromatic carbocycles. The molecule has 2 N–H and O–H groups in total. The Labute approximate surface area is 140 Å². The topological polar surface area (TPSA) is 69.6 Å². The lowest BCUT2D eigenvalue weighted by molar-refractivity contribution is -0.137. The lowest BCUT2D eigenvalue weighted by Crippen LogP contribution is -2.47. The second kappa shape index (κ2) is 10.6. The molecule has 0 saturated heterocycles. The first-order valence-corrected chi connectivity index (χ1v) is 8.01. The Morgan fingerprint density at radius 1 is 1.25 bits per heavy atom. The van der Waals surface area contributed by atoms with Gasteiger partial charge in [-0.2, -0.15) is 0 Å². The molecule has 134 valence electrons. The minimum atomic E-state index is -2.60. The quantitative estimate of drug-likeness (QED) is 0.686. The fourth-order valence-electron chi connectivity index (χ4n) is 2.40. The number of alkyl halides is 2. The average Bonchev–Trinajstić information content (AvgIpc) is 2.52. The highest BCUT2D eigenvalue weighted by molar-refractivity contribution is 5.74. The van der Waals surface area contributed by atoms with Crippen LogP contribution >= 0.6 is 0 Å². The highest BCUT2D eigenvalue weighted by Crippen LogP contribution is 2.09. The molecule has 0 spiro atoms. The summed E-state index contributed by atoms with van der Waals surface area (Å²) in [5.74, 6) is -0.958. The van der Waals surface area contributed by atoms with Gasteiger partial charge in [-0.1, -0.05) is 37.3 Å². The summed E-state index contributed by atoms with van der Waals surface area (Å²) in [6.07, 6.45) is -1.44. The van der Waals surface area contributed by atoms with Crippen LogP contribution in [0.4, 0.5) is 13.6 Å². The summed E-state index contributed by atoms with van der Waals surface area (Å²) in [4.78, 5) is 24.1. The van der Waals surface area contributed by atoms with E-state index in [0.717, 1.165) is 10.5 Å². The van der Waals surface area contributed by atoms with Gasteiger partial charge in [0, 0.05) is 19.0 Å². The van der Waals surface area contributed by atoms with Crippen molar-refractivity contribution in [1.29, 1.82) is 0 Å². The van der Waals surface area contributed by atoms with E-state index < -0.39 is 31.0 Å². The largest absolute Gasteiger partial charge is 0.481 e. The Kier molecular flexibility index (Phi) is 8.75. The Balaban J connectivity index is 2.73. The van der Waals surface area contributed by atoms with E-state index in [1.54, 1.807) is 6.92 Å². The number of carboxylic acid groups (broad SMARTS) is 1. The number of carboxylic acids is 1. The number of amides is 2. The number of rotatable bonds is 10. The Morgan fingerprint density at radius 3 is 2.46 bits per heavy atom. The number of hydrogen-bond acceptors (Lipinski definition) is 2. The lowest BCUT2D eigenvalue weighted by atomic mass is 10.0. The molecule has 0 fully saturated rings. The second-order valence-electron chi connectivity index (χ2n) is 5.61. The third kappa shape index (κ3) is 7.89. The summed E-state index contributed by atoms with van der Waals surface area (Å²) in [7, 11) is 0. The smallest absolute Gasteiger partial charge is 0.317 e. The number of halogens is 2. The van der Waals surface area contributed by atoms with Gasteiger partial charge in [-0.25, -0.2) is 13.6 Å². The third-order valence-electron chi connectivity index (χ3n) is 3.50. The molecule has 1 unspecified atom stereocenters. The molecule has 0 aromatic heterocycles. The van der Waals surface area contributed by atoms with Crippen LogP contribution in [0.1, 0.15) is 31.7 Å². The van der Waals surface area contributed by atoms with Crippen molar-refractivity contribution < 1.29 is 23.5 Å². The van der Waals surface area contributed by atoms with Crippen molar-refractivity contribution in [2.45, 2.75) is 45.1 Å². The molecule has 1 atom stereocenters. The number of aliphatic carboxylic acids is 1. The molecule has 0 bridgehead atoms. The highest BCUT2D eigenvalue weighted by Gasteiger charge is 2.21. The zero-order valence-electron chi connectivity index (χ0n) is 13.8. The monoisotopic (exact) mass is 342 g/mol. The van der Waals surface area contributed by atoms with Crippen LogP contribution in [0.15, 0.2) is 30.3 Å². The predicted molar refractivity (Wildman–Crippen MR) is 87.2 cm³/mol. The molecule has 5 nitrogen and oxygen atoms in total. The van der Waals surface area contributed by atoms with E-state index in [9.17, 15) is 18.4 Å². The zero-order chi connectivity index (χ0) is 17.9. The predicted octanol–water partition coefficient (Wildman–Crippen LogP) is 3.15. The summed E-state index contributed by atoms with van der Waals surface area (Å²) < 4.78 is 25.2. The van der Waals surface area contributed by atoms with E-state index in [1.807, 2.05) is 30.3 Å². The average molecular weight is 342 g/mol. The SMILES string of the molecule is CCCN(CC(F)F)C(=O)NC(CCC(=O)O)Cc1ccccc1. The van der Waals surface area contributed by atoms with Crippen molar-refractivity contribution in [3.63, 3.8) is 0 Å². The van der Waals surface area contributed by atoms with Crippen LogP contribution in [-0.2, 0) is 11.2 Å². The van der Waals surface area contributed by atoms with Crippen LogP contribution < -0.4 is 5.32 Å². The molecule has 2 amide bonds. The first-order valence-electron chi connectivity index (χ1n) is 8.01. The molecule has 0 aliphatic rings. The Morgan fingerprint density at radius 2 is 1.92 bits per heavy atom. The molecule has 0 heterocycles. The maximum Gasteiger partial charge on any atom is 0.317 e. The van der Waals surface area contributed by atoms with Crippen molar-refractivity contribution >= 4 is 12.0 Å². The summed E-state index contributed by atoms with van der Waals surface area (Å²) in [6.45, 7) is 1.40. The maximum atomic E-state index is 12.6. The van der Waals surface area contributed by atoms with Gasteiger partial charge in [-0.3, -0.25) is 4.79 Å². The molecule has 0 saturated carbocycles. The lowest BCUT2D eigenvalue weighted by Gasteiger charge is -2.26. The van der Waals surface area contributed by atoms with Gasteiger partial charge >= 0.3 is 12.0 Å². The van der Waals surface area contributed by atoms with Gasteiger partial charge in [0.05, 0.1) is 6.54 Å². The van der Waals surface area contributed by atoms with Gasteiger partial charge in [0.25, 0.3) is 6.43 Å². The van der Waals surface area contributed by atoms with Crippen LogP contribution in [-0.4, -0.2) is 47.6 Å². The van der Waals surface area contributed by atoms with E-state index in [2.05, 4.69) is 5.32 Å². The van der Waals surface area contributed by atoms with Gasteiger partial charge in [0.2, 0.25) is 0 Å². The summed E-state index contributed by atoms with van der Waals surface area (Å²) in [5, 5.41) is 11.6. The van der Waals surface area contributed by atoms with Crippen LogP contribution in [0.5, 0.6) is 0 Å². The Hall–Kier alpha value is -2.18. The third-order valence-corrected chi connectivity index (χ3v) is 3.50. The number of carbonyl (C=O) groups is 2. The van der Waals surface area contributed by atoms with Crippen LogP contribution in [0.3, 0.4) is 0 Å². The number of nitrogens with zero attached hydrogens (tertiary/aromatic N) is 1. The van der Waals surface area contributed by atoms with E-state index in [4.69, 9.17) is 5.11 Å². The molecule has 1 rings (SSSR count). The zero-order valence-corrected chi connectivity index (χ0v) is 13.8. The fourth-order valence-corrected chi connectivity index (χ4v) is 2.40. The van der Waals surface area contributed by atoms with Crippen molar-refractivity contribution in [3.05, 3.63) is 35.9 Å². The summed E-state index contributed by atoms with van der Waals surface area (Å²) >= 11 is 0. The van der Waals surface area contributed by atoms with E-state index in [1.165, 1.54) is 0 Å². The molecule has 0 aliphatic carbocycles. The maximum absolute atomic E-state index is 12.6. The van der Waals surface area contributed by atoms with E-state index in [-0.39, 0.29) is 19.4 Å². The van der Waals surface area contributed by atoms with Crippen LogP contribution in [0.2, 0.25) is 0 Å². The molecule has 0 aliphatic heterocycles. The number of nitrogens with one attached hydrogen (secondary N) is 1. The standard InChI is InChI=1S/C17H24F2N2O3/c1-2-10-21(12-15(18)19)17(24)20-14(8-9-16(22)23)11-13-6-4-3-5-7-13/h3-7,14-15H,2,8-12H2,1H3,(H,20,24)(H,22,23). The molecular weight excluding hydrogens is 318 g/mol. The Bertz CT molecular complexity index is 512. The first kappa shape index (κ1) is 19.9. The van der Waals surface area contributed by atoms with E-state index >= 15 is 0 Å². The highest BCUT2D eigenvalue weighted by atomic mass is 19.3. The van der Waals surface area contributed by atoms with Gasteiger partial charge < -0.3 is 15.3 Å². The van der Waals surface area contributed by atoms with Crippen LogP contribution in [0.25, 0.3) is 0 Å². The summed E-state index contributed by atoms with van der Waals surface area (Å²) in [5.41, 5.74) is 0.948. The van der Waals surface area contributed by atoms with Gasteiger partial charge in [-0.15, -0.1) is 0 Å². The molecule has 24 heavy (non-hydrogen) atoms.